The Labute approximate surface area is 239 Å². The van der Waals surface area contributed by atoms with Crippen LogP contribution in [-0.2, 0) is 17.2 Å². The highest BCUT2D eigenvalue weighted by molar-refractivity contribution is 7.98. The summed E-state index contributed by atoms with van der Waals surface area (Å²) in [6.45, 7) is 0.298. The molecule has 1 aliphatic carbocycles. The molecule has 4 aromatic rings. The largest absolute Gasteiger partial charge is 0.489 e. The Morgan fingerprint density at radius 2 is 1.87 bits per heavy atom. The Kier molecular flexibility index (Phi) is 7.34. The summed E-state index contributed by atoms with van der Waals surface area (Å²) < 4.78 is 21.8. The number of nitrogens with zero attached hydrogens (tertiary/aromatic N) is 3. The van der Waals surface area contributed by atoms with Crippen molar-refractivity contribution in [2.45, 2.75) is 42.8 Å². The molecule has 10 heteroatoms. The van der Waals surface area contributed by atoms with Gasteiger partial charge < -0.3 is 10.1 Å². The maximum Gasteiger partial charge on any atom is 0.227 e. The molecule has 6 rings (SSSR count). The van der Waals surface area contributed by atoms with Crippen LogP contribution >= 0.6 is 35.0 Å². The van der Waals surface area contributed by atoms with Crippen molar-refractivity contribution in [2.75, 3.05) is 5.32 Å². The molecule has 0 amide bonds. The van der Waals surface area contributed by atoms with Gasteiger partial charge in [0.2, 0.25) is 11.1 Å². The fourth-order valence-electron chi connectivity index (χ4n) is 4.81. The van der Waals surface area contributed by atoms with E-state index in [0.29, 0.717) is 56.8 Å². The quantitative estimate of drug-likeness (QED) is 0.227. The van der Waals surface area contributed by atoms with E-state index in [-0.39, 0.29) is 11.6 Å². The van der Waals surface area contributed by atoms with Crippen LogP contribution in [0.15, 0.2) is 83.2 Å². The molecule has 1 aliphatic heterocycles. The second-order valence-electron chi connectivity index (χ2n) is 9.33. The highest BCUT2D eigenvalue weighted by Crippen LogP contribution is 2.41. The average molecular weight is 582 g/mol. The van der Waals surface area contributed by atoms with Crippen molar-refractivity contribution in [1.29, 1.82) is 0 Å². The van der Waals surface area contributed by atoms with Crippen LogP contribution in [0.1, 0.15) is 42.0 Å². The van der Waals surface area contributed by atoms with Crippen molar-refractivity contribution >= 4 is 46.7 Å². The third-order valence-electron chi connectivity index (χ3n) is 6.77. The van der Waals surface area contributed by atoms with Gasteiger partial charge in [0.05, 0.1) is 0 Å². The van der Waals surface area contributed by atoms with Gasteiger partial charge in [-0.05, 0) is 54.3 Å². The number of carbonyl (C=O) groups is 1. The van der Waals surface area contributed by atoms with Crippen molar-refractivity contribution in [3.05, 3.63) is 111 Å². The van der Waals surface area contributed by atoms with Crippen LogP contribution in [-0.4, -0.2) is 20.5 Å². The Morgan fingerprint density at radius 3 is 2.67 bits per heavy atom. The van der Waals surface area contributed by atoms with E-state index in [9.17, 15) is 9.18 Å². The lowest BCUT2D eigenvalue weighted by molar-refractivity contribution is -0.116. The number of hydrogen-bond acceptors (Lipinski definition) is 6. The molecule has 0 radical (unpaired) electrons. The molecule has 0 fully saturated rings. The summed E-state index contributed by atoms with van der Waals surface area (Å²) in [4.78, 5) is 17.8. The minimum absolute atomic E-state index is 0.105. The maximum atomic E-state index is 14.1. The second-order valence-corrected chi connectivity index (χ2v) is 11.1. The molecule has 0 saturated heterocycles. The van der Waals surface area contributed by atoms with Crippen LogP contribution in [0.3, 0.4) is 0 Å². The first kappa shape index (κ1) is 25.9. The number of rotatable bonds is 7. The molecule has 39 heavy (non-hydrogen) atoms. The first-order chi connectivity index (χ1) is 19.0. The number of hydrogen-bond donors (Lipinski definition) is 1. The predicted octanol–water partition coefficient (Wildman–Crippen LogP) is 7.62. The van der Waals surface area contributed by atoms with E-state index < -0.39 is 6.04 Å². The van der Waals surface area contributed by atoms with Crippen molar-refractivity contribution in [2.24, 2.45) is 0 Å². The molecule has 1 N–H and O–H groups in total. The van der Waals surface area contributed by atoms with Gasteiger partial charge in [-0.25, -0.2) is 9.07 Å². The average Bonchev–Trinajstić information content (AvgIpc) is 3.34. The van der Waals surface area contributed by atoms with Gasteiger partial charge in [-0.3, -0.25) is 4.79 Å². The molecule has 0 saturated carbocycles. The summed E-state index contributed by atoms with van der Waals surface area (Å²) in [5.74, 6) is 1.49. The number of carbonyl (C=O) groups excluding carboxylic acids is 1. The standard InChI is InChI=1S/C29H23Cl2FN4O2S/c30-20-11-8-18(22(31)14-20)15-38-21-12-9-17(10-13-21)27-26-24(6-3-7-25(26)37)33-28-34-29(35-36(27)28)39-16-19-4-1-2-5-23(19)32/h1-2,4-5,8-14,27H,3,6-7,15-16H2,(H,33,34,35). The number of Topliss-reactive ketones (excluding diaryl/α,β-unsaturated/α-hetero) is 1. The number of anilines is 1. The number of nitrogens with one attached hydrogen (secondary N) is 1. The lowest BCUT2D eigenvalue weighted by atomic mass is 9.85. The molecule has 198 valence electrons. The molecule has 1 atom stereocenters. The SMILES string of the molecule is O=C1CCCC2=C1C(c1ccc(OCc3ccc(Cl)cc3Cl)cc1)n1nc(SCc3ccccc3F)nc1N2. The van der Waals surface area contributed by atoms with Gasteiger partial charge in [0.15, 0.2) is 5.78 Å². The van der Waals surface area contributed by atoms with Crippen LogP contribution < -0.4 is 10.1 Å². The highest BCUT2D eigenvalue weighted by Gasteiger charge is 2.36. The lowest BCUT2D eigenvalue weighted by Crippen LogP contribution is -2.31. The van der Waals surface area contributed by atoms with Crippen molar-refractivity contribution in [3.8, 4) is 5.75 Å². The number of benzene rings is 3. The molecular formula is C29H23Cl2FN4O2S. The molecule has 3 aromatic carbocycles. The highest BCUT2D eigenvalue weighted by atomic mass is 35.5. The van der Waals surface area contributed by atoms with Crippen LogP contribution in [0.2, 0.25) is 10.0 Å². The number of allylic oxidation sites excluding steroid dienone is 2. The minimum atomic E-state index is -0.417. The third kappa shape index (κ3) is 5.41. The zero-order valence-electron chi connectivity index (χ0n) is 20.7. The molecule has 6 nitrogen and oxygen atoms in total. The monoisotopic (exact) mass is 580 g/mol. The molecule has 1 unspecified atom stereocenters. The summed E-state index contributed by atoms with van der Waals surface area (Å²) in [7, 11) is 0. The van der Waals surface area contributed by atoms with Crippen LogP contribution in [0, 0.1) is 5.82 Å². The number of ketones is 1. The molecular weight excluding hydrogens is 558 g/mol. The van der Waals surface area contributed by atoms with Crippen LogP contribution in [0.25, 0.3) is 0 Å². The number of thioether (sulfide) groups is 1. The number of fused-ring (bicyclic) bond motifs is 1. The van der Waals surface area contributed by atoms with Gasteiger partial charge in [0.1, 0.15) is 24.2 Å². The van der Waals surface area contributed by atoms with E-state index in [4.69, 9.17) is 33.0 Å². The zero-order valence-corrected chi connectivity index (χ0v) is 23.0. The maximum absolute atomic E-state index is 14.1. The Hall–Kier alpha value is -3.33. The van der Waals surface area contributed by atoms with E-state index in [1.807, 2.05) is 36.4 Å². The minimum Gasteiger partial charge on any atom is -0.489 e. The topological polar surface area (TPSA) is 69.0 Å². The van der Waals surface area contributed by atoms with E-state index >= 15 is 0 Å². The van der Waals surface area contributed by atoms with E-state index in [0.717, 1.165) is 29.7 Å². The van der Waals surface area contributed by atoms with Gasteiger partial charge in [0, 0.05) is 39.1 Å². The normalized spacial score (nSPS) is 16.5. The lowest BCUT2D eigenvalue weighted by Gasteiger charge is -2.32. The zero-order chi connectivity index (χ0) is 26.9. The Morgan fingerprint density at radius 1 is 1.05 bits per heavy atom. The van der Waals surface area contributed by atoms with Gasteiger partial charge in [-0.1, -0.05) is 71.4 Å². The van der Waals surface area contributed by atoms with Gasteiger partial charge in [0.25, 0.3) is 0 Å². The molecule has 0 bridgehead atoms. The number of aromatic nitrogens is 3. The number of halogens is 3. The van der Waals surface area contributed by atoms with Crippen molar-refractivity contribution < 1.29 is 13.9 Å². The van der Waals surface area contributed by atoms with Crippen LogP contribution in [0.5, 0.6) is 5.75 Å². The molecule has 1 aromatic heterocycles. The summed E-state index contributed by atoms with van der Waals surface area (Å²) in [6, 6.07) is 19.2. The summed E-state index contributed by atoms with van der Waals surface area (Å²) >= 11 is 13.6. The summed E-state index contributed by atoms with van der Waals surface area (Å²) in [6.07, 6.45) is 2.06. The first-order valence-electron chi connectivity index (χ1n) is 12.5. The smallest absolute Gasteiger partial charge is 0.227 e. The van der Waals surface area contributed by atoms with Gasteiger partial charge in [-0.15, -0.1) is 5.10 Å². The van der Waals surface area contributed by atoms with E-state index in [2.05, 4.69) is 10.3 Å². The van der Waals surface area contributed by atoms with Crippen LogP contribution in [0.4, 0.5) is 10.3 Å². The Balaban J connectivity index is 1.26. The van der Waals surface area contributed by atoms with Crippen molar-refractivity contribution in [3.63, 3.8) is 0 Å². The third-order valence-corrected chi connectivity index (χ3v) is 8.24. The van der Waals surface area contributed by atoms with E-state index in [1.165, 1.54) is 17.8 Å². The fourth-order valence-corrected chi connectivity index (χ4v) is 6.09. The van der Waals surface area contributed by atoms with Crippen molar-refractivity contribution in [1.82, 2.24) is 14.8 Å². The predicted molar refractivity (Wildman–Crippen MR) is 151 cm³/mol. The fraction of sp³-hybridized carbons (Fsp3) is 0.207. The summed E-state index contributed by atoms with van der Waals surface area (Å²) in [5.41, 5.74) is 3.92. The summed E-state index contributed by atoms with van der Waals surface area (Å²) in [5, 5.41) is 9.70. The number of ether oxygens (including phenoxy) is 1. The Bertz CT molecular complexity index is 1590. The van der Waals surface area contributed by atoms with Gasteiger partial charge >= 0.3 is 0 Å². The second kappa shape index (κ2) is 11.0. The van der Waals surface area contributed by atoms with E-state index in [1.54, 1.807) is 28.9 Å². The van der Waals surface area contributed by atoms with Gasteiger partial charge in [-0.2, -0.15) is 4.98 Å². The molecule has 0 spiro atoms. The molecule has 2 heterocycles. The first-order valence-corrected chi connectivity index (χ1v) is 14.2. The molecule has 2 aliphatic rings.